The van der Waals surface area contributed by atoms with E-state index in [0.29, 0.717) is 0 Å². The molecule has 0 spiro atoms. The van der Waals surface area contributed by atoms with Crippen LogP contribution >= 0.6 is 38.2 Å². The summed E-state index contributed by atoms with van der Waals surface area (Å²) in [7, 11) is -9.56. The lowest BCUT2D eigenvalue weighted by Crippen LogP contribution is -1.97. The van der Waals surface area contributed by atoms with Crippen LogP contribution in [0.25, 0.3) is 10.8 Å². The molecule has 0 aliphatic rings. The van der Waals surface area contributed by atoms with Gasteiger partial charge < -0.3 is 9.05 Å². The van der Waals surface area contributed by atoms with E-state index in [1.807, 2.05) is 22.6 Å². The number of halogens is 1. The molecule has 8 nitrogen and oxygen atoms in total. The van der Waals surface area contributed by atoms with Gasteiger partial charge in [0.05, 0.1) is 0 Å². The Kier molecular flexibility index (Phi) is 4.89. The molecule has 0 saturated carbocycles. The highest BCUT2D eigenvalue weighted by atomic mass is 127. The summed E-state index contributed by atoms with van der Waals surface area (Å²) in [6, 6.07) is 6.01. The number of phosphoric acid groups is 2. The van der Waals surface area contributed by atoms with Gasteiger partial charge in [0.15, 0.2) is 0 Å². The molecule has 0 radical (unpaired) electrons. The van der Waals surface area contributed by atoms with Crippen LogP contribution in [0.2, 0.25) is 0 Å². The fourth-order valence-corrected chi connectivity index (χ4v) is 3.29. The van der Waals surface area contributed by atoms with E-state index in [0.717, 1.165) is 3.57 Å². The second kappa shape index (κ2) is 6.09. The zero-order valence-corrected chi connectivity index (χ0v) is 14.9. The molecule has 0 saturated heterocycles. The van der Waals surface area contributed by atoms with Crippen molar-refractivity contribution in [3.63, 3.8) is 0 Å². The Labute approximate surface area is 138 Å². The second-order valence-corrected chi connectivity index (χ2v) is 7.95. The molecule has 0 unspecified atom stereocenters. The number of hydrogen-bond donors (Lipinski definition) is 4. The Morgan fingerprint density at radius 2 is 1.55 bits per heavy atom. The molecule has 0 aliphatic carbocycles. The van der Waals surface area contributed by atoms with Gasteiger partial charge in [0, 0.05) is 14.3 Å². The zero-order valence-electron chi connectivity index (χ0n) is 11.0. The monoisotopic (exact) mass is 460 g/mol. The Hall–Kier alpha value is -0.670. The molecule has 120 valence electrons. The summed E-state index contributed by atoms with van der Waals surface area (Å²) < 4.78 is 32.2. The summed E-state index contributed by atoms with van der Waals surface area (Å²) in [5, 5.41) is 0.538. The molecular weight excluding hydrogens is 449 g/mol. The van der Waals surface area contributed by atoms with Gasteiger partial charge in [0.25, 0.3) is 0 Å². The second-order valence-electron chi connectivity index (χ2n) is 4.37. The van der Waals surface area contributed by atoms with Gasteiger partial charge in [-0.3, -0.25) is 19.6 Å². The van der Waals surface area contributed by atoms with E-state index in [1.54, 1.807) is 12.1 Å². The molecule has 4 N–H and O–H groups in total. The first-order chi connectivity index (χ1) is 9.96. The average Bonchev–Trinajstić information content (AvgIpc) is 2.31. The predicted molar refractivity (Wildman–Crippen MR) is 86.7 cm³/mol. The molecule has 2 aromatic carbocycles. The Bertz CT molecular complexity index is 824. The van der Waals surface area contributed by atoms with E-state index < -0.39 is 15.6 Å². The zero-order chi connectivity index (χ0) is 16.7. The molecule has 22 heavy (non-hydrogen) atoms. The number of fused-ring (bicyclic) bond motifs is 1. The number of rotatable bonds is 4. The molecule has 0 amide bonds. The number of hydrogen-bond acceptors (Lipinski definition) is 4. The highest BCUT2D eigenvalue weighted by molar-refractivity contribution is 14.1. The van der Waals surface area contributed by atoms with Crippen molar-refractivity contribution >= 4 is 49.0 Å². The van der Waals surface area contributed by atoms with Gasteiger partial charge >= 0.3 is 15.6 Å². The van der Waals surface area contributed by atoms with Crippen LogP contribution < -0.4 is 9.05 Å². The molecule has 0 aliphatic heterocycles. The van der Waals surface area contributed by atoms with Gasteiger partial charge in [-0.25, -0.2) is 9.13 Å². The molecule has 2 rings (SSSR count). The molecule has 2 aromatic rings. The summed E-state index contributed by atoms with van der Waals surface area (Å²) in [4.78, 5) is 35.9. The molecule has 0 bridgehead atoms. The van der Waals surface area contributed by atoms with Gasteiger partial charge in [-0.1, -0.05) is 0 Å². The van der Waals surface area contributed by atoms with Gasteiger partial charge in [0.1, 0.15) is 11.5 Å². The summed E-state index contributed by atoms with van der Waals surface area (Å²) in [5.41, 5.74) is 0.264. The Balaban J connectivity index is 2.75. The first-order valence-corrected chi connectivity index (χ1v) is 9.83. The van der Waals surface area contributed by atoms with Crippen molar-refractivity contribution in [1.29, 1.82) is 0 Å². The molecule has 0 atom stereocenters. The minimum Gasteiger partial charge on any atom is -0.404 e. The lowest BCUT2D eigenvalue weighted by atomic mass is 10.1. The molecule has 11 heteroatoms. The van der Waals surface area contributed by atoms with E-state index in [4.69, 9.17) is 19.6 Å². The van der Waals surface area contributed by atoms with E-state index in [2.05, 4.69) is 9.05 Å². The first-order valence-electron chi connectivity index (χ1n) is 5.69. The number of aryl methyl sites for hydroxylation is 1. The van der Waals surface area contributed by atoms with Crippen LogP contribution in [0.3, 0.4) is 0 Å². The summed E-state index contributed by atoms with van der Waals surface area (Å²) >= 11 is 1.99. The van der Waals surface area contributed by atoms with Gasteiger partial charge in [-0.05, 0) is 59.3 Å². The topological polar surface area (TPSA) is 134 Å². The quantitative estimate of drug-likeness (QED) is 0.405. The van der Waals surface area contributed by atoms with Crippen molar-refractivity contribution in [2.24, 2.45) is 0 Å². The van der Waals surface area contributed by atoms with Crippen LogP contribution in [-0.2, 0) is 9.13 Å². The van der Waals surface area contributed by atoms with Gasteiger partial charge in [0.2, 0.25) is 0 Å². The van der Waals surface area contributed by atoms with Crippen LogP contribution in [0, 0.1) is 10.5 Å². The molecule has 0 heterocycles. The van der Waals surface area contributed by atoms with Gasteiger partial charge in [-0.15, -0.1) is 0 Å². The van der Waals surface area contributed by atoms with Crippen molar-refractivity contribution in [3.8, 4) is 11.5 Å². The predicted octanol–water partition coefficient (Wildman–Crippen LogP) is 2.70. The largest absolute Gasteiger partial charge is 0.524 e. The van der Waals surface area contributed by atoms with Crippen molar-refractivity contribution in [1.82, 2.24) is 0 Å². The van der Waals surface area contributed by atoms with Crippen molar-refractivity contribution < 1.29 is 37.8 Å². The van der Waals surface area contributed by atoms with E-state index in [-0.39, 0.29) is 27.8 Å². The minimum absolute atomic E-state index is 0.0715. The van der Waals surface area contributed by atoms with Crippen LogP contribution in [0.1, 0.15) is 5.56 Å². The maximum absolute atomic E-state index is 11.1. The van der Waals surface area contributed by atoms with Crippen molar-refractivity contribution in [2.75, 3.05) is 0 Å². The highest BCUT2D eigenvalue weighted by Crippen LogP contribution is 2.48. The van der Waals surface area contributed by atoms with E-state index in [1.165, 1.54) is 19.1 Å². The maximum atomic E-state index is 11.1. The summed E-state index contributed by atoms with van der Waals surface area (Å²) in [6.07, 6.45) is 0. The Morgan fingerprint density at radius 3 is 2.09 bits per heavy atom. The standard InChI is InChI=1S/C11H11IO8P2/c1-6-4-10(19-21(13,14)15)9-5-7(12)2-3-8(9)11(6)20-22(16,17)18/h2-5H,1H3,(H2,13,14,15)(H2,16,17,18). The first kappa shape index (κ1) is 17.7. The van der Waals surface area contributed by atoms with Crippen molar-refractivity contribution in [2.45, 2.75) is 6.92 Å². The normalized spacial score (nSPS) is 12.5. The lowest BCUT2D eigenvalue weighted by molar-refractivity contribution is 0.279. The minimum atomic E-state index is -4.78. The SMILES string of the molecule is Cc1cc(OP(=O)(O)O)c2cc(I)ccc2c1OP(=O)(O)O. The third kappa shape index (κ3) is 4.42. The van der Waals surface area contributed by atoms with E-state index >= 15 is 0 Å². The van der Waals surface area contributed by atoms with E-state index in [9.17, 15) is 9.13 Å². The fourth-order valence-electron chi connectivity index (χ4n) is 1.91. The lowest BCUT2D eigenvalue weighted by Gasteiger charge is -2.16. The molecular formula is C11H11IO8P2. The third-order valence-electron chi connectivity index (χ3n) is 2.62. The number of phosphoric ester groups is 2. The van der Waals surface area contributed by atoms with Crippen LogP contribution in [0.15, 0.2) is 24.3 Å². The Morgan fingerprint density at radius 1 is 0.955 bits per heavy atom. The fraction of sp³-hybridized carbons (Fsp3) is 0.0909. The molecule has 0 fully saturated rings. The summed E-state index contributed by atoms with van der Waals surface area (Å²) in [5.74, 6) is -0.171. The summed E-state index contributed by atoms with van der Waals surface area (Å²) in [6.45, 7) is 1.48. The maximum Gasteiger partial charge on any atom is 0.524 e. The van der Waals surface area contributed by atoms with Crippen LogP contribution in [0.4, 0.5) is 0 Å². The smallest absolute Gasteiger partial charge is 0.404 e. The molecule has 0 aromatic heterocycles. The van der Waals surface area contributed by atoms with Crippen LogP contribution in [-0.4, -0.2) is 19.6 Å². The van der Waals surface area contributed by atoms with Crippen LogP contribution in [0.5, 0.6) is 11.5 Å². The average molecular weight is 460 g/mol. The van der Waals surface area contributed by atoms with Crippen molar-refractivity contribution in [3.05, 3.63) is 33.4 Å². The third-order valence-corrected chi connectivity index (χ3v) is 4.15. The number of benzene rings is 2. The van der Waals surface area contributed by atoms with Gasteiger partial charge in [-0.2, -0.15) is 0 Å². The highest BCUT2D eigenvalue weighted by Gasteiger charge is 2.24.